The summed E-state index contributed by atoms with van der Waals surface area (Å²) in [5, 5.41) is 5.24. The Hall–Kier alpha value is -1.65. The van der Waals surface area contributed by atoms with Crippen LogP contribution < -0.4 is 5.14 Å². The summed E-state index contributed by atoms with van der Waals surface area (Å²) in [5.41, 5.74) is 4.98. The topological polar surface area (TPSA) is 60.2 Å². The number of primary sulfonamides is 1. The van der Waals surface area contributed by atoms with Crippen LogP contribution in [0, 0.1) is 20.8 Å². The van der Waals surface area contributed by atoms with E-state index in [0.29, 0.717) is 5.56 Å². The second-order valence-electron chi connectivity index (χ2n) is 4.72. The maximum Gasteiger partial charge on any atom is 0.238 e. The zero-order chi connectivity index (χ0) is 14.2. The predicted octanol–water partition coefficient (Wildman–Crippen LogP) is 2.93. The summed E-state index contributed by atoms with van der Waals surface area (Å²) in [4.78, 5) is 0.186. The molecular formula is C15H17NO2S. The number of rotatable bonds is 2. The molecule has 0 saturated heterocycles. The molecule has 2 N–H and O–H groups in total. The molecule has 0 radical (unpaired) electrons. The second kappa shape index (κ2) is 4.79. The van der Waals surface area contributed by atoms with E-state index >= 15 is 0 Å². The van der Waals surface area contributed by atoms with Crippen LogP contribution in [0.3, 0.4) is 0 Å². The number of benzene rings is 2. The molecule has 19 heavy (non-hydrogen) atoms. The lowest BCUT2D eigenvalue weighted by Crippen LogP contribution is -2.14. The zero-order valence-corrected chi connectivity index (χ0v) is 12.1. The molecule has 0 spiro atoms. The molecule has 0 aliphatic carbocycles. The number of hydrogen-bond acceptors (Lipinski definition) is 2. The van der Waals surface area contributed by atoms with Gasteiger partial charge in [-0.05, 0) is 54.7 Å². The van der Waals surface area contributed by atoms with Gasteiger partial charge in [0.2, 0.25) is 10.0 Å². The van der Waals surface area contributed by atoms with E-state index in [2.05, 4.69) is 0 Å². The van der Waals surface area contributed by atoms with Crippen molar-refractivity contribution in [3.8, 4) is 11.1 Å². The molecule has 0 aliphatic heterocycles. The SMILES string of the molecule is Cc1cccc(-c2cccc(S(N)(=O)=O)c2C)c1C. The number of sulfonamides is 1. The fourth-order valence-electron chi connectivity index (χ4n) is 2.26. The monoisotopic (exact) mass is 275 g/mol. The number of aryl methyl sites for hydroxylation is 1. The minimum atomic E-state index is -3.69. The lowest BCUT2D eigenvalue weighted by Gasteiger charge is -2.13. The van der Waals surface area contributed by atoms with Crippen LogP contribution >= 0.6 is 0 Å². The van der Waals surface area contributed by atoms with Crippen molar-refractivity contribution in [3.05, 3.63) is 53.1 Å². The van der Waals surface area contributed by atoms with E-state index in [0.717, 1.165) is 16.7 Å². The Morgan fingerprint density at radius 3 is 1.95 bits per heavy atom. The molecule has 0 unspecified atom stereocenters. The van der Waals surface area contributed by atoms with Crippen LogP contribution in [-0.4, -0.2) is 8.42 Å². The van der Waals surface area contributed by atoms with Crippen LogP contribution in [0.4, 0.5) is 0 Å². The first-order chi connectivity index (χ1) is 8.82. The van der Waals surface area contributed by atoms with Crippen molar-refractivity contribution in [2.24, 2.45) is 5.14 Å². The van der Waals surface area contributed by atoms with E-state index in [1.165, 1.54) is 5.56 Å². The first-order valence-electron chi connectivity index (χ1n) is 6.01. The van der Waals surface area contributed by atoms with Crippen LogP contribution in [-0.2, 0) is 10.0 Å². The molecule has 0 aromatic heterocycles. The molecule has 0 fully saturated rings. The molecule has 0 atom stereocenters. The van der Waals surface area contributed by atoms with Crippen molar-refractivity contribution in [1.29, 1.82) is 0 Å². The molecule has 3 nitrogen and oxygen atoms in total. The Labute approximate surface area is 114 Å². The Morgan fingerprint density at radius 1 is 0.842 bits per heavy atom. The van der Waals surface area contributed by atoms with Crippen LogP contribution in [0.2, 0.25) is 0 Å². The Kier molecular flexibility index (Phi) is 3.47. The normalized spacial score (nSPS) is 11.6. The van der Waals surface area contributed by atoms with E-state index in [9.17, 15) is 8.42 Å². The van der Waals surface area contributed by atoms with Crippen molar-refractivity contribution >= 4 is 10.0 Å². The third-order valence-electron chi connectivity index (χ3n) is 3.49. The van der Waals surface area contributed by atoms with E-state index in [4.69, 9.17) is 5.14 Å². The minimum Gasteiger partial charge on any atom is -0.225 e. The summed E-state index contributed by atoms with van der Waals surface area (Å²) >= 11 is 0. The first kappa shape index (κ1) is 13.8. The molecule has 0 heterocycles. The van der Waals surface area contributed by atoms with Crippen LogP contribution in [0.5, 0.6) is 0 Å². The maximum absolute atomic E-state index is 11.6. The van der Waals surface area contributed by atoms with Gasteiger partial charge in [-0.2, -0.15) is 0 Å². The predicted molar refractivity (Wildman–Crippen MR) is 77.5 cm³/mol. The standard InChI is InChI=1S/C15H17NO2S/c1-10-6-4-7-13(11(10)2)14-8-5-9-15(12(14)3)19(16,17)18/h4-9H,1-3H3,(H2,16,17,18). The Bertz CT molecular complexity index is 734. The van der Waals surface area contributed by atoms with Gasteiger partial charge in [-0.25, -0.2) is 13.6 Å². The molecule has 0 bridgehead atoms. The van der Waals surface area contributed by atoms with Crippen molar-refractivity contribution in [2.45, 2.75) is 25.7 Å². The minimum absolute atomic E-state index is 0.186. The van der Waals surface area contributed by atoms with Gasteiger partial charge in [-0.1, -0.05) is 30.3 Å². The molecule has 4 heteroatoms. The van der Waals surface area contributed by atoms with E-state index in [1.54, 1.807) is 19.1 Å². The highest BCUT2D eigenvalue weighted by Crippen LogP contribution is 2.30. The summed E-state index contributed by atoms with van der Waals surface area (Å²) in [6.07, 6.45) is 0. The van der Waals surface area contributed by atoms with Gasteiger partial charge in [0.1, 0.15) is 0 Å². The van der Waals surface area contributed by atoms with Gasteiger partial charge in [-0.3, -0.25) is 0 Å². The highest BCUT2D eigenvalue weighted by Gasteiger charge is 2.15. The van der Waals surface area contributed by atoms with Crippen molar-refractivity contribution in [1.82, 2.24) is 0 Å². The summed E-state index contributed by atoms with van der Waals surface area (Å²) < 4.78 is 23.1. The Balaban J connectivity index is 2.75. The molecule has 0 aliphatic rings. The summed E-state index contributed by atoms with van der Waals surface area (Å²) in [7, 11) is -3.69. The largest absolute Gasteiger partial charge is 0.238 e. The first-order valence-corrected chi connectivity index (χ1v) is 7.56. The molecule has 2 aromatic carbocycles. The number of nitrogens with two attached hydrogens (primary N) is 1. The summed E-state index contributed by atoms with van der Waals surface area (Å²) in [6.45, 7) is 5.86. The molecule has 2 rings (SSSR count). The van der Waals surface area contributed by atoms with Crippen LogP contribution in [0.1, 0.15) is 16.7 Å². The molecule has 0 saturated carbocycles. The van der Waals surface area contributed by atoms with Crippen LogP contribution in [0.25, 0.3) is 11.1 Å². The third-order valence-corrected chi connectivity index (χ3v) is 4.54. The van der Waals surface area contributed by atoms with E-state index in [-0.39, 0.29) is 4.90 Å². The molecule has 0 amide bonds. The van der Waals surface area contributed by atoms with Crippen LogP contribution in [0.15, 0.2) is 41.3 Å². The lowest BCUT2D eigenvalue weighted by molar-refractivity contribution is 0.597. The average Bonchev–Trinajstić information content (AvgIpc) is 2.32. The van der Waals surface area contributed by atoms with Gasteiger partial charge in [0.25, 0.3) is 0 Å². The lowest BCUT2D eigenvalue weighted by atomic mass is 9.94. The van der Waals surface area contributed by atoms with Gasteiger partial charge < -0.3 is 0 Å². The van der Waals surface area contributed by atoms with E-state index in [1.807, 2.05) is 38.1 Å². The highest BCUT2D eigenvalue weighted by atomic mass is 32.2. The van der Waals surface area contributed by atoms with Gasteiger partial charge in [0.15, 0.2) is 0 Å². The van der Waals surface area contributed by atoms with Crippen molar-refractivity contribution < 1.29 is 8.42 Å². The quantitative estimate of drug-likeness (QED) is 0.916. The van der Waals surface area contributed by atoms with Gasteiger partial charge in [0.05, 0.1) is 4.90 Å². The fourth-order valence-corrected chi connectivity index (χ4v) is 3.06. The average molecular weight is 275 g/mol. The van der Waals surface area contributed by atoms with Gasteiger partial charge in [-0.15, -0.1) is 0 Å². The van der Waals surface area contributed by atoms with Crippen molar-refractivity contribution in [2.75, 3.05) is 0 Å². The number of hydrogen-bond donors (Lipinski definition) is 1. The van der Waals surface area contributed by atoms with Gasteiger partial charge in [0, 0.05) is 0 Å². The summed E-state index contributed by atoms with van der Waals surface area (Å²) in [6, 6.07) is 11.2. The molecule has 2 aromatic rings. The van der Waals surface area contributed by atoms with E-state index < -0.39 is 10.0 Å². The maximum atomic E-state index is 11.6. The molecular weight excluding hydrogens is 258 g/mol. The highest BCUT2D eigenvalue weighted by molar-refractivity contribution is 7.89. The molecule has 100 valence electrons. The second-order valence-corrected chi connectivity index (χ2v) is 6.25. The van der Waals surface area contributed by atoms with Gasteiger partial charge >= 0.3 is 0 Å². The third kappa shape index (κ3) is 2.55. The zero-order valence-electron chi connectivity index (χ0n) is 11.3. The smallest absolute Gasteiger partial charge is 0.225 e. The Morgan fingerprint density at radius 2 is 1.37 bits per heavy atom. The van der Waals surface area contributed by atoms with Crippen molar-refractivity contribution in [3.63, 3.8) is 0 Å². The summed E-state index contributed by atoms with van der Waals surface area (Å²) in [5.74, 6) is 0. The fraction of sp³-hybridized carbons (Fsp3) is 0.200.